The number of hydrogen-bond acceptors (Lipinski definition) is 6. The van der Waals surface area contributed by atoms with Crippen LogP contribution in [0, 0.1) is 23.7 Å². The van der Waals surface area contributed by atoms with E-state index >= 15 is 0 Å². The Hall–Kier alpha value is -1.80. The number of hydrogen-bond donors (Lipinski definition) is 3. The molecule has 9 atom stereocenters. The first-order valence-corrected chi connectivity index (χ1v) is 14.5. The lowest BCUT2D eigenvalue weighted by Crippen LogP contribution is -2.48. The first-order chi connectivity index (χ1) is 18.2. The maximum atomic E-state index is 13.8. The van der Waals surface area contributed by atoms with Gasteiger partial charge in [0, 0.05) is 32.6 Å². The molecule has 0 heterocycles. The van der Waals surface area contributed by atoms with Crippen molar-refractivity contribution in [2.24, 2.45) is 23.7 Å². The first-order valence-electron chi connectivity index (χ1n) is 14.5. The van der Waals surface area contributed by atoms with E-state index in [1.54, 1.807) is 14.2 Å². The summed E-state index contributed by atoms with van der Waals surface area (Å²) in [4.78, 5) is 27.1. The van der Waals surface area contributed by atoms with Gasteiger partial charge in [0.15, 0.2) is 0 Å². The highest BCUT2D eigenvalue weighted by atomic mass is 16.5. The second kappa shape index (κ2) is 16.3. The molecule has 1 aliphatic rings. The van der Waals surface area contributed by atoms with Crippen LogP contribution in [0.3, 0.4) is 0 Å². The molecular weight excluding hydrogens is 480 g/mol. The molecule has 1 saturated carbocycles. The van der Waals surface area contributed by atoms with Crippen LogP contribution >= 0.6 is 0 Å². The maximum Gasteiger partial charge on any atom is 0.225 e. The molecule has 216 valence electrons. The zero-order chi connectivity index (χ0) is 28.2. The number of rotatable bonds is 15. The number of likely N-dealkylation sites (N-methyl/N-ethyl adjacent to an activating group) is 1. The minimum atomic E-state index is -0.808. The summed E-state index contributed by atoms with van der Waals surface area (Å²) < 4.78 is 11.8. The van der Waals surface area contributed by atoms with E-state index in [1.807, 2.05) is 51.2 Å². The molecular formula is C31H52N2O5. The molecule has 0 aromatic heterocycles. The van der Waals surface area contributed by atoms with Crippen LogP contribution in [0.25, 0.3) is 0 Å². The summed E-state index contributed by atoms with van der Waals surface area (Å²) in [5.74, 6) is -0.263. The van der Waals surface area contributed by atoms with Gasteiger partial charge in [0.05, 0.1) is 30.3 Å². The van der Waals surface area contributed by atoms with Crippen LogP contribution in [-0.4, -0.2) is 62.4 Å². The van der Waals surface area contributed by atoms with Crippen LogP contribution in [0.2, 0.25) is 0 Å². The lowest BCUT2D eigenvalue weighted by molar-refractivity contribution is -0.138. The number of aliphatic hydroxyl groups excluding tert-OH is 1. The minimum Gasteiger partial charge on any atom is -0.386 e. The molecule has 0 spiro atoms. The molecule has 4 unspecified atom stereocenters. The highest BCUT2D eigenvalue weighted by Crippen LogP contribution is 2.37. The quantitative estimate of drug-likeness (QED) is 0.284. The molecule has 38 heavy (non-hydrogen) atoms. The predicted octanol–water partition coefficient (Wildman–Crippen LogP) is 4.68. The fourth-order valence-electron chi connectivity index (χ4n) is 6.20. The number of ether oxygens (including phenoxy) is 2. The summed E-state index contributed by atoms with van der Waals surface area (Å²) in [5.41, 5.74) is 0.760. The highest BCUT2D eigenvalue weighted by Gasteiger charge is 2.41. The number of amides is 1. The molecule has 0 saturated heterocycles. The van der Waals surface area contributed by atoms with Gasteiger partial charge in [0.25, 0.3) is 0 Å². The molecule has 0 radical (unpaired) electrons. The third kappa shape index (κ3) is 8.60. The van der Waals surface area contributed by atoms with Crippen LogP contribution in [0.4, 0.5) is 0 Å². The van der Waals surface area contributed by atoms with Gasteiger partial charge in [-0.3, -0.25) is 9.59 Å². The van der Waals surface area contributed by atoms with Crippen molar-refractivity contribution in [1.29, 1.82) is 0 Å². The standard InChI is InChI=1S/C31H52N2O5/c1-8-20(2)28(32-5)27(37-6)19-26(34)24-17-13-10-14-18-25(24)30(38-7)21(3)31(36)33-22(4)29(35)23-15-11-9-12-16-23/h9,11-12,15-16,20-22,24-25,27-30,32,35H,8,10,13-14,17-19H2,1-7H3,(H,33,36)/t20-,21?,22+,24?,25+,27+,28-,29?,30?/m0/s1. The molecule has 7 nitrogen and oxygen atoms in total. The number of Topliss-reactive ketones (excluding diaryl/α,β-unsaturated/α-hetero) is 1. The maximum absolute atomic E-state index is 13.8. The molecule has 3 N–H and O–H groups in total. The Bertz CT molecular complexity index is 835. The number of ketones is 1. The largest absolute Gasteiger partial charge is 0.386 e. The molecule has 1 aromatic carbocycles. The fraction of sp³-hybridized carbons (Fsp3) is 0.742. The number of methoxy groups -OCH3 is 2. The summed E-state index contributed by atoms with van der Waals surface area (Å²) in [5, 5.41) is 17.1. The van der Waals surface area contributed by atoms with Crippen LogP contribution in [0.1, 0.15) is 84.3 Å². The number of nitrogens with one attached hydrogen (secondary N) is 2. The molecule has 7 heteroatoms. The Kier molecular flexibility index (Phi) is 13.9. The number of aliphatic hydroxyl groups is 1. The Balaban J connectivity index is 2.16. The third-order valence-electron chi connectivity index (χ3n) is 8.76. The summed E-state index contributed by atoms with van der Waals surface area (Å²) >= 11 is 0. The number of benzene rings is 1. The smallest absolute Gasteiger partial charge is 0.225 e. The van der Waals surface area contributed by atoms with Gasteiger partial charge in [-0.05, 0) is 44.2 Å². The van der Waals surface area contributed by atoms with E-state index in [-0.39, 0.29) is 35.7 Å². The van der Waals surface area contributed by atoms with Crippen molar-refractivity contribution >= 4 is 11.7 Å². The van der Waals surface area contributed by atoms with Crippen molar-refractivity contribution in [1.82, 2.24) is 10.6 Å². The Morgan fingerprint density at radius 1 is 1.03 bits per heavy atom. The van der Waals surface area contributed by atoms with Gasteiger partial charge in [-0.2, -0.15) is 0 Å². The minimum absolute atomic E-state index is 0.0424. The van der Waals surface area contributed by atoms with E-state index in [1.165, 1.54) is 0 Å². The molecule has 1 amide bonds. The van der Waals surface area contributed by atoms with Gasteiger partial charge in [0.2, 0.25) is 5.91 Å². The average molecular weight is 533 g/mol. The van der Waals surface area contributed by atoms with E-state index in [4.69, 9.17) is 9.47 Å². The van der Waals surface area contributed by atoms with Crippen LogP contribution in [0.15, 0.2) is 30.3 Å². The van der Waals surface area contributed by atoms with Crippen molar-refractivity contribution in [2.45, 2.75) is 103 Å². The van der Waals surface area contributed by atoms with Crippen LogP contribution < -0.4 is 10.6 Å². The normalized spacial score (nSPS) is 23.8. The van der Waals surface area contributed by atoms with E-state index in [0.29, 0.717) is 12.3 Å². The third-order valence-corrected chi connectivity index (χ3v) is 8.76. The van der Waals surface area contributed by atoms with Crippen LogP contribution in [0.5, 0.6) is 0 Å². The van der Waals surface area contributed by atoms with Gasteiger partial charge >= 0.3 is 0 Å². The lowest BCUT2D eigenvalue weighted by Gasteiger charge is -2.36. The Morgan fingerprint density at radius 2 is 1.68 bits per heavy atom. The molecule has 1 aliphatic carbocycles. The summed E-state index contributed by atoms with van der Waals surface area (Å²) in [6.07, 6.45) is 4.72. The topological polar surface area (TPSA) is 96.9 Å². The van der Waals surface area contributed by atoms with Crippen molar-refractivity contribution in [3.63, 3.8) is 0 Å². The van der Waals surface area contributed by atoms with Gasteiger partial charge in [-0.1, -0.05) is 76.8 Å². The van der Waals surface area contributed by atoms with Crippen molar-refractivity contribution in [3.8, 4) is 0 Å². The van der Waals surface area contributed by atoms with E-state index in [0.717, 1.165) is 44.1 Å². The van der Waals surface area contributed by atoms with Crippen molar-refractivity contribution < 1.29 is 24.2 Å². The van der Waals surface area contributed by atoms with Crippen molar-refractivity contribution in [2.75, 3.05) is 21.3 Å². The summed E-state index contributed by atoms with van der Waals surface area (Å²) in [6.45, 7) is 8.02. The molecule has 1 fully saturated rings. The van der Waals surface area contributed by atoms with Crippen molar-refractivity contribution in [3.05, 3.63) is 35.9 Å². The first kappa shape index (κ1) is 32.4. The lowest BCUT2D eigenvalue weighted by atomic mass is 9.75. The monoisotopic (exact) mass is 532 g/mol. The SMILES string of the molecule is CC[C@H](C)[C@H](NC)[C@@H](CC(=O)C1CCCCC[C@H]1C(OC)C(C)C(=O)N[C@H](C)C(O)c1ccccc1)OC. The summed E-state index contributed by atoms with van der Waals surface area (Å²) in [7, 11) is 5.25. The second-order valence-corrected chi connectivity index (χ2v) is 11.2. The Labute approximate surface area is 230 Å². The molecule has 2 rings (SSSR count). The Morgan fingerprint density at radius 3 is 2.26 bits per heavy atom. The zero-order valence-electron chi connectivity index (χ0n) is 24.6. The van der Waals surface area contributed by atoms with Gasteiger partial charge < -0.3 is 25.2 Å². The molecule has 0 bridgehead atoms. The fourth-order valence-corrected chi connectivity index (χ4v) is 6.20. The summed E-state index contributed by atoms with van der Waals surface area (Å²) in [6, 6.07) is 8.97. The van der Waals surface area contributed by atoms with Gasteiger partial charge in [-0.15, -0.1) is 0 Å². The highest BCUT2D eigenvalue weighted by molar-refractivity contribution is 5.83. The van der Waals surface area contributed by atoms with E-state index in [2.05, 4.69) is 24.5 Å². The van der Waals surface area contributed by atoms with Crippen LogP contribution in [-0.2, 0) is 19.1 Å². The van der Waals surface area contributed by atoms with Gasteiger partial charge in [0.1, 0.15) is 5.78 Å². The molecule has 1 aromatic rings. The van der Waals surface area contributed by atoms with E-state index in [9.17, 15) is 14.7 Å². The number of carbonyl (C=O) groups excluding carboxylic acids is 2. The van der Waals surface area contributed by atoms with Gasteiger partial charge in [-0.25, -0.2) is 0 Å². The zero-order valence-corrected chi connectivity index (χ0v) is 24.6. The number of carbonyl (C=O) groups is 2. The second-order valence-electron chi connectivity index (χ2n) is 11.2. The molecule has 0 aliphatic heterocycles. The predicted molar refractivity (Wildman–Crippen MR) is 152 cm³/mol. The van der Waals surface area contributed by atoms with E-state index < -0.39 is 24.2 Å². The average Bonchev–Trinajstić information content (AvgIpc) is 3.19.